The summed E-state index contributed by atoms with van der Waals surface area (Å²) in [6.45, 7) is 1.61. The van der Waals surface area contributed by atoms with E-state index >= 15 is 4.39 Å². The quantitative estimate of drug-likeness (QED) is 0.472. The minimum atomic E-state index is -0.637. The monoisotopic (exact) mass is 423 g/mol. The van der Waals surface area contributed by atoms with Crippen molar-refractivity contribution in [2.45, 2.75) is 6.42 Å². The van der Waals surface area contributed by atoms with E-state index in [4.69, 9.17) is 0 Å². The van der Waals surface area contributed by atoms with Gasteiger partial charge in [0.05, 0.1) is 24.0 Å². The van der Waals surface area contributed by atoms with Crippen LogP contribution in [0.25, 0.3) is 16.6 Å². The standard InChI is InChI=1S/C22H21F2N6O/c1-27-8-9-29(13-21(27)31)20-6-5-19-26-12-14(30(19)28(20)2)10-16-17(23)11-18-15(22(16)24)4-3-7-25-18/h3-7,11-12H,8-10,13H2,1-2H3/q+1. The number of nitrogens with zero attached hydrogens (tertiary/aromatic N) is 6. The fourth-order valence-electron chi connectivity index (χ4n) is 4.14. The molecule has 0 saturated carbocycles. The fourth-order valence-corrected chi connectivity index (χ4v) is 4.14. The highest BCUT2D eigenvalue weighted by atomic mass is 19.1. The largest absolute Gasteiger partial charge is 0.338 e. The second-order valence-corrected chi connectivity index (χ2v) is 7.77. The first kappa shape index (κ1) is 19.3. The van der Waals surface area contributed by atoms with E-state index in [1.165, 1.54) is 12.3 Å². The number of aryl methyl sites for hydroxylation is 1. The van der Waals surface area contributed by atoms with Crippen molar-refractivity contribution in [3.63, 3.8) is 0 Å². The van der Waals surface area contributed by atoms with Gasteiger partial charge in [0.2, 0.25) is 0 Å². The Morgan fingerprint density at radius 1 is 1.16 bits per heavy atom. The van der Waals surface area contributed by atoms with Crippen LogP contribution in [0.15, 0.2) is 42.7 Å². The van der Waals surface area contributed by atoms with Gasteiger partial charge in [-0.05, 0) is 18.2 Å². The van der Waals surface area contributed by atoms with Gasteiger partial charge in [-0.25, -0.2) is 18.7 Å². The normalized spacial score (nSPS) is 14.8. The number of halogens is 2. The molecule has 1 saturated heterocycles. The molecule has 1 aromatic carbocycles. The van der Waals surface area contributed by atoms with Crippen LogP contribution in [0, 0.1) is 11.6 Å². The van der Waals surface area contributed by atoms with E-state index in [1.807, 2.05) is 33.3 Å². The molecule has 1 aliphatic rings. The number of hydrogen-bond acceptors (Lipinski definition) is 4. The summed E-state index contributed by atoms with van der Waals surface area (Å²) in [5.74, 6) is -0.369. The lowest BCUT2D eigenvalue weighted by Crippen LogP contribution is -2.54. The molecule has 1 aliphatic heterocycles. The molecule has 3 aromatic heterocycles. The predicted octanol–water partition coefficient (Wildman–Crippen LogP) is 1.85. The number of imidazole rings is 1. The Kier molecular flexibility index (Phi) is 4.53. The van der Waals surface area contributed by atoms with Gasteiger partial charge in [-0.1, -0.05) is 0 Å². The van der Waals surface area contributed by atoms with Crippen LogP contribution in [0.4, 0.5) is 14.6 Å². The second-order valence-electron chi connectivity index (χ2n) is 7.77. The van der Waals surface area contributed by atoms with Crippen molar-refractivity contribution < 1.29 is 18.3 Å². The third-order valence-electron chi connectivity index (χ3n) is 5.88. The van der Waals surface area contributed by atoms with Crippen LogP contribution in [0.1, 0.15) is 11.3 Å². The highest BCUT2D eigenvalue weighted by Crippen LogP contribution is 2.25. The van der Waals surface area contributed by atoms with Crippen LogP contribution >= 0.6 is 0 Å². The summed E-state index contributed by atoms with van der Waals surface area (Å²) in [6, 6.07) is 8.24. The molecule has 0 spiro atoms. The predicted molar refractivity (Wildman–Crippen MR) is 111 cm³/mol. The van der Waals surface area contributed by atoms with E-state index in [0.29, 0.717) is 24.4 Å². The minimum Gasteiger partial charge on any atom is -0.338 e. The number of carbonyl (C=O) groups is 1. The summed E-state index contributed by atoms with van der Waals surface area (Å²) >= 11 is 0. The molecule has 0 aliphatic carbocycles. The van der Waals surface area contributed by atoms with Crippen molar-refractivity contribution in [2.75, 3.05) is 31.6 Å². The third-order valence-corrected chi connectivity index (χ3v) is 5.88. The summed E-state index contributed by atoms with van der Waals surface area (Å²) in [4.78, 5) is 24.3. The molecule has 158 valence electrons. The van der Waals surface area contributed by atoms with Crippen LogP contribution in [-0.2, 0) is 18.3 Å². The number of carbonyl (C=O) groups excluding carboxylic acids is 1. The van der Waals surface area contributed by atoms with E-state index in [0.717, 1.165) is 5.82 Å². The summed E-state index contributed by atoms with van der Waals surface area (Å²) in [6.07, 6.45) is 3.17. The van der Waals surface area contributed by atoms with Crippen molar-refractivity contribution in [1.82, 2.24) is 19.4 Å². The number of hydrogen-bond donors (Lipinski definition) is 0. The fraction of sp³-hybridized carbons (Fsp3) is 0.273. The molecule has 4 aromatic rings. The van der Waals surface area contributed by atoms with Crippen molar-refractivity contribution in [2.24, 2.45) is 7.05 Å². The van der Waals surface area contributed by atoms with Gasteiger partial charge in [0, 0.05) is 42.7 Å². The maximum absolute atomic E-state index is 15.1. The number of amides is 1. The maximum atomic E-state index is 15.1. The highest BCUT2D eigenvalue weighted by molar-refractivity contribution is 5.82. The highest BCUT2D eigenvalue weighted by Gasteiger charge is 2.30. The smallest absolute Gasteiger partial charge is 0.296 e. The molecule has 1 amide bonds. The molecule has 31 heavy (non-hydrogen) atoms. The van der Waals surface area contributed by atoms with E-state index in [2.05, 4.69) is 9.97 Å². The Hall–Kier alpha value is -3.62. The molecule has 7 nitrogen and oxygen atoms in total. The van der Waals surface area contributed by atoms with Crippen LogP contribution < -0.4 is 9.58 Å². The van der Waals surface area contributed by atoms with Crippen molar-refractivity contribution >= 4 is 28.3 Å². The van der Waals surface area contributed by atoms with Gasteiger partial charge in [-0.15, -0.1) is 0 Å². The van der Waals surface area contributed by atoms with Crippen molar-refractivity contribution in [3.05, 3.63) is 65.6 Å². The Morgan fingerprint density at radius 2 is 2.00 bits per heavy atom. The van der Waals surface area contributed by atoms with Gasteiger partial charge in [0.25, 0.3) is 11.7 Å². The summed E-state index contributed by atoms with van der Waals surface area (Å²) in [5.41, 5.74) is 1.56. The molecule has 0 radical (unpaired) electrons. The minimum absolute atomic E-state index is 0.0255. The molecule has 0 N–H and O–H groups in total. The second kappa shape index (κ2) is 7.26. The molecular formula is C22H21F2N6O+. The topological polar surface area (TPSA) is 57.6 Å². The van der Waals surface area contributed by atoms with Gasteiger partial charge >= 0.3 is 0 Å². The first-order valence-corrected chi connectivity index (χ1v) is 10.00. The Balaban J connectivity index is 1.58. The van der Waals surface area contributed by atoms with Crippen LogP contribution in [0.2, 0.25) is 0 Å². The summed E-state index contributed by atoms with van der Waals surface area (Å²) in [5, 5.41) is 0.286. The number of aromatic nitrogens is 4. The molecule has 1 fully saturated rings. The zero-order valence-corrected chi connectivity index (χ0v) is 17.2. The van der Waals surface area contributed by atoms with E-state index < -0.39 is 11.6 Å². The van der Waals surface area contributed by atoms with Crippen molar-refractivity contribution in [3.8, 4) is 0 Å². The lowest BCUT2D eigenvalue weighted by molar-refractivity contribution is -0.729. The summed E-state index contributed by atoms with van der Waals surface area (Å²) < 4.78 is 33.6. The molecule has 0 bridgehead atoms. The number of rotatable bonds is 3. The average molecular weight is 423 g/mol. The van der Waals surface area contributed by atoms with E-state index in [9.17, 15) is 9.18 Å². The number of likely N-dealkylation sites (N-methyl/N-ethyl adjacent to an activating group) is 1. The van der Waals surface area contributed by atoms with Gasteiger partial charge in [-0.2, -0.15) is 9.20 Å². The van der Waals surface area contributed by atoms with Crippen LogP contribution in [0.5, 0.6) is 0 Å². The third kappa shape index (κ3) is 3.17. The van der Waals surface area contributed by atoms with E-state index in [-0.39, 0.29) is 35.3 Å². The summed E-state index contributed by atoms with van der Waals surface area (Å²) in [7, 11) is 3.65. The zero-order chi connectivity index (χ0) is 21.7. The molecule has 0 unspecified atom stereocenters. The molecule has 4 heterocycles. The SMILES string of the molecule is CN1CCN(c2ccc3ncc(Cc4c(F)cc5ncccc5c4F)n3[n+]2C)CC1=O. The van der Waals surface area contributed by atoms with Crippen molar-refractivity contribution in [1.29, 1.82) is 0 Å². The molecule has 0 atom stereocenters. The number of pyridine rings is 1. The lowest BCUT2D eigenvalue weighted by atomic mass is 10.0. The number of fused-ring (bicyclic) bond motifs is 2. The molecular weight excluding hydrogens is 402 g/mol. The Bertz CT molecular complexity index is 1330. The average Bonchev–Trinajstić information content (AvgIpc) is 3.17. The number of anilines is 1. The Morgan fingerprint density at radius 3 is 2.81 bits per heavy atom. The first-order valence-electron chi connectivity index (χ1n) is 10.00. The lowest BCUT2D eigenvalue weighted by Gasteiger charge is -2.28. The van der Waals surface area contributed by atoms with E-state index in [1.54, 1.807) is 30.3 Å². The Labute approximate surface area is 177 Å². The maximum Gasteiger partial charge on any atom is 0.296 e. The van der Waals surface area contributed by atoms with Gasteiger partial charge in [0.15, 0.2) is 12.2 Å². The van der Waals surface area contributed by atoms with Gasteiger partial charge < -0.3 is 4.90 Å². The zero-order valence-electron chi connectivity index (χ0n) is 17.2. The number of benzene rings is 1. The number of piperazine rings is 1. The first-order chi connectivity index (χ1) is 14.9. The van der Waals surface area contributed by atoms with Crippen LogP contribution in [0.3, 0.4) is 0 Å². The van der Waals surface area contributed by atoms with Gasteiger partial charge in [0.1, 0.15) is 25.2 Å². The van der Waals surface area contributed by atoms with Gasteiger partial charge in [-0.3, -0.25) is 9.78 Å². The molecule has 5 rings (SSSR count). The molecule has 9 heteroatoms. The van der Waals surface area contributed by atoms with Crippen LogP contribution in [-0.4, -0.2) is 52.0 Å².